The van der Waals surface area contributed by atoms with Crippen LogP contribution in [0.5, 0.6) is 0 Å². The predicted molar refractivity (Wildman–Crippen MR) is 50.8 cm³/mol. The number of nitro benzene ring substituents is 1. The van der Waals surface area contributed by atoms with Crippen molar-refractivity contribution in [3.8, 4) is 11.5 Å². The molecule has 0 saturated carbocycles. The van der Waals surface area contributed by atoms with Crippen LogP contribution in [0.15, 0.2) is 22.7 Å². The first-order valence-electron chi connectivity index (χ1n) is 4.11. The summed E-state index contributed by atoms with van der Waals surface area (Å²) >= 11 is 0. The summed E-state index contributed by atoms with van der Waals surface area (Å²) in [5.74, 6) is -1.00. The maximum Gasteiger partial charge on any atom is 0.282 e. The van der Waals surface area contributed by atoms with Crippen molar-refractivity contribution in [2.45, 2.75) is 0 Å². The van der Waals surface area contributed by atoms with Crippen LogP contribution in [0.25, 0.3) is 11.5 Å². The number of halogens is 1. The van der Waals surface area contributed by atoms with Gasteiger partial charge >= 0.3 is 0 Å². The molecule has 0 spiro atoms. The van der Waals surface area contributed by atoms with E-state index in [2.05, 4.69) is 14.7 Å². The van der Waals surface area contributed by atoms with Gasteiger partial charge in [0, 0.05) is 6.07 Å². The molecule has 0 saturated heterocycles. The third-order valence-electron chi connectivity index (χ3n) is 1.83. The molecule has 1 heterocycles. The Labute approximate surface area is 87.8 Å². The molecular formula is C8H5FN4O3. The Hall–Kier alpha value is -2.51. The molecule has 0 fully saturated rings. The van der Waals surface area contributed by atoms with Gasteiger partial charge in [-0.3, -0.25) is 10.1 Å². The number of nitrogens with zero attached hydrogens (tertiary/aromatic N) is 3. The molecule has 7 nitrogen and oxygen atoms in total. The van der Waals surface area contributed by atoms with Gasteiger partial charge in [-0.2, -0.15) is 4.98 Å². The Balaban J connectivity index is 2.62. The number of nitro groups is 1. The zero-order valence-electron chi connectivity index (χ0n) is 7.75. The number of rotatable bonds is 2. The summed E-state index contributed by atoms with van der Waals surface area (Å²) in [6.07, 6.45) is 0. The molecule has 1 aromatic carbocycles. The van der Waals surface area contributed by atoms with Crippen molar-refractivity contribution in [2.75, 3.05) is 5.73 Å². The van der Waals surface area contributed by atoms with Crippen LogP contribution in [-0.2, 0) is 0 Å². The van der Waals surface area contributed by atoms with Gasteiger partial charge < -0.3 is 10.3 Å². The predicted octanol–water partition coefficient (Wildman–Crippen LogP) is 1.37. The molecule has 0 amide bonds. The maximum atomic E-state index is 13.0. The van der Waals surface area contributed by atoms with E-state index in [1.165, 1.54) is 0 Å². The van der Waals surface area contributed by atoms with Crippen LogP contribution in [0.1, 0.15) is 0 Å². The lowest BCUT2D eigenvalue weighted by Gasteiger charge is -1.97. The molecular weight excluding hydrogens is 219 g/mol. The molecule has 1 aromatic heterocycles. The second-order valence-corrected chi connectivity index (χ2v) is 2.88. The highest BCUT2D eigenvalue weighted by molar-refractivity contribution is 5.67. The molecule has 82 valence electrons. The Morgan fingerprint density at radius 2 is 2.25 bits per heavy atom. The monoisotopic (exact) mass is 224 g/mol. The van der Waals surface area contributed by atoms with E-state index in [-0.39, 0.29) is 23.1 Å². The van der Waals surface area contributed by atoms with E-state index in [1.54, 1.807) is 0 Å². The van der Waals surface area contributed by atoms with Crippen LogP contribution >= 0.6 is 0 Å². The lowest BCUT2D eigenvalue weighted by atomic mass is 10.2. The van der Waals surface area contributed by atoms with Gasteiger partial charge in [0.25, 0.3) is 17.5 Å². The van der Waals surface area contributed by atoms with Crippen LogP contribution in [0, 0.1) is 15.9 Å². The molecule has 0 unspecified atom stereocenters. The molecule has 0 atom stereocenters. The summed E-state index contributed by atoms with van der Waals surface area (Å²) in [6.45, 7) is 0. The molecule has 2 aromatic rings. The standard InChI is InChI=1S/C8H5FN4O3/c9-4-1-2-6(13(14)15)5(3-4)7-11-8(10)12-16-7/h1-3H,(H2,10,12). The van der Waals surface area contributed by atoms with Gasteiger partial charge in [-0.05, 0) is 17.3 Å². The lowest BCUT2D eigenvalue weighted by molar-refractivity contribution is -0.384. The third-order valence-corrected chi connectivity index (χ3v) is 1.83. The van der Waals surface area contributed by atoms with E-state index in [0.29, 0.717) is 0 Å². The topological polar surface area (TPSA) is 108 Å². The Morgan fingerprint density at radius 1 is 1.50 bits per heavy atom. The minimum atomic E-state index is -0.671. The zero-order valence-corrected chi connectivity index (χ0v) is 7.75. The lowest BCUT2D eigenvalue weighted by Crippen LogP contribution is -1.93. The summed E-state index contributed by atoms with van der Waals surface area (Å²) in [5.41, 5.74) is 4.77. The van der Waals surface area contributed by atoms with E-state index >= 15 is 0 Å². The molecule has 0 aliphatic heterocycles. The van der Waals surface area contributed by atoms with Gasteiger partial charge in [-0.15, -0.1) is 0 Å². The van der Waals surface area contributed by atoms with Crippen molar-refractivity contribution in [1.82, 2.24) is 10.1 Å². The van der Waals surface area contributed by atoms with Gasteiger partial charge in [-0.1, -0.05) is 0 Å². The fraction of sp³-hybridized carbons (Fsp3) is 0. The van der Waals surface area contributed by atoms with Gasteiger partial charge in [-0.25, -0.2) is 4.39 Å². The number of aromatic nitrogens is 2. The van der Waals surface area contributed by atoms with Crippen LogP contribution < -0.4 is 5.73 Å². The van der Waals surface area contributed by atoms with E-state index < -0.39 is 10.7 Å². The molecule has 0 bridgehead atoms. The molecule has 8 heteroatoms. The highest BCUT2D eigenvalue weighted by atomic mass is 19.1. The number of nitrogen functional groups attached to an aromatic ring is 1. The van der Waals surface area contributed by atoms with Crippen LogP contribution in [0.4, 0.5) is 16.0 Å². The summed E-state index contributed by atoms with van der Waals surface area (Å²) in [7, 11) is 0. The molecule has 0 radical (unpaired) electrons. The maximum absolute atomic E-state index is 13.0. The first-order valence-corrected chi connectivity index (χ1v) is 4.11. The Morgan fingerprint density at radius 3 is 2.81 bits per heavy atom. The van der Waals surface area contributed by atoms with E-state index in [1.807, 2.05) is 0 Å². The fourth-order valence-electron chi connectivity index (χ4n) is 1.18. The summed E-state index contributed by atoms with van der Waals surface area (Å²) in [6, 6.07) is 2.93. The van der Waals surface area contributed by atoms with Gasteiger partial charge in [0.2, 0.25) is 0 Å². The third kappa shape index (κ3) is 1.67. The molecule has 0 aliphatic rings. The Kier molecular flexibility index (Phi) is 2.24. The molecule has 0 aliphatic carbocycles. The van der Waals surface area contributed by atoms with Crippen molar-refractivity contribution >= 4 is 11.6 Å². The van der Waals surface area contributed by atoms with Gasteiger partial charge in [0.05, 0.1) is 4.92 Å². The van der Waals surface area contributed by atoms with Gasteiger partial charge in [0.15, 0.2) is 0 Å². The van der Waals surface area contributed by atoms with E-state index in [0.717, 1.165) is 18.2 Å². The zero-order chi connectivity index (χ0) is 11.7. The van der Waals surface area contributed by atoms with E-state index in [9.17, 15) is 14.5 Å². The summed E-state index contributed by atoms with van der Waals surface area (Å²) < 4.78 is 17.6. The number of nitrogens with two attached hydrogens (primary N) is 1. The minimum Gasteiger partial charge on any atom is -0.365 e. The van der Waals surface area contributed by atoms with E-state index in [4.69, 9.17) is 5.73 Å². The molecule has 2 N–H and O–H groups in total. The quantitative estimate of drug-likeness (QED) is 0.609. The average Bonchev–Trinajstić information content (AvgIpc) is 2.64. The van der Waals surface area contributed by atoms with Crippen LogP contribution in [-0.4, -0.2) is 15.1 Å². The van der Waals surface area contributed by atoms with Crippen molar-refractivity contribution < 1.29 is 13.8 Å². The smallest absolute Gasteiger partial charge is 0.282 e. The molecule has 16 heavy (non-hydrogen) atoms. The van der Waals surface area contributed by atoms with Crippen molar-refractivity contribution in [1.29, 1.82) is 0 Å². The summed E-state index contributed by atoms with van der Waals surface area (Å²) in [5, 5.41) is 13.9. The summed E-state index contributed by atoms with van der Waals surface area (Å²) in [4.78, 5) is 13.6. The van der Waals surface area contributed by atoms with Gasteiger partial charge in [0.1, 0.15) is 11.4 Å². The SMILES string of the molecule is Nc1noc(-c2cc(F)ccc2[N+](=O)[O-])n1. The van der Waals surface area contributed by atoms with Crippen LogP contribution in [0.3, 0.4) is 0 Å². The average molecular weight is 224 g/mol. The molecule has 2 rings (SSSR count). The fourth-order valence-corrected chi connectivity index (χ4v) is 1.18. The first-order chi connectivity index (χ1) is 7.58. The van der Waals surface area contributed by atoms with Crippen molar-refractivity contribution in [3.05, 3.63) is 34.1 Å². The second-order valence-electron chi connectivity index (χ2n) is 2.88. The number of benzene rings is 1. The number of hydrogen-bond donors (Lipinski definition) is 1. The van der Waals surface area contributed by atoms with Crippen LogP contribution in [0.2, 0.25) is 0 Å². The number of anilines is 1. The Bertz CT molecular complexity index is 554. The highest BCUT2D eigenvalue weighted by Crippen LogP contribution is 2.29. The second kappa shape index (κ2) is 3.57. The largest absolute Gasteiger partial charge is 0.365 e. The first kappa shape index (κ1) is 10.0. The van der Waals surface area contributed by atoms with Crippen molar-refractivity contribution in [2.24, 2.45) is 0 Å². The highest BCUT2D eigenvalue weighted by Gasteiger charge is 2.20. The normalized spacial score (nSPS) is 10.3. The van der Waals surface area contributed by atoms with Crippen molar-refractivity contribution in [3.63, 3.8) is 0 Å². The minimum absolute atomic E-state index is 0.103. The number of hydrogen-bond acceptors (Lipinski definition) is 6.